The Morgan fingerprint density at radius 3 is 2.53 bits per heavy atom. The van der Waals surface area contributed by atoms with Crippen LogP contribution in [0.1, 0.15) is 25.7 Å². The zero-order valence-corrected chi connectivity index (χ0v) is 9.76. The van der Waals surface area contributed by atoms with Gasteiger partial charge in [-0.3, -0.25) is 4.90 Å². The molecule has 2 aliphatic heterocycles. The average molecular weight is 253 g/mol. The number of rotatable bonds is 3. The minimum absolute atomic E-state index is 0.152. The molecule has 1 spiro atoms. The molecule has 2 saturated heterocycles. The predicted octanol–water partition coefficient (Wildman–Crippen LogP) is 2.17. The maximum absolute atomic E-state index is 12.0. The molecule has 0 aromatic carbocycles. The first-order valence-electron chi connectivity index (χ1n) is 6.06. The largest absolute Gasteiger partial charge is 0.389 e. The van der Waals surface area contributed by atoms with E-state index in [1.54, 1.807) is 0 Å². The fourth-order valence-corrected chi connectivity index (χ4v) is 2.50. The molecule has 0 unspecified atom stereocenters. The van der Waals surface area contributed by atoms with Crippen LogP contribution in [0, 0.1) is 0 Å². The summed E-state index contributed by atoms with van der Waals surface area (Å²) in [6.07, 6.45) is -2.83. The van der Waals surface area contributed by atoms with Crippen molar-refractivity contribution in [2.75, 3.05) is 32.8 Å². The molecule has 0 radical (unpaired) electrons. The molecule has 0 aromatic rings. The van der Waals surface area contributed by atoms with Crippen LogP contribution in [0.3, 0.4) is 0 Å². The molecular weight excluding hydrogens is 235 g/mol. The van der Waals surface area contributed by atoms with Gasteiger partial charge in [0.25, 0.3) is 0 Å². The first-order valence-corrected chi connectivity index (χ1v) is 6.06. The van der Waals surface area contributed by atoms with Crippen LogP contribution in [0.15, 0.2) is 0 Å². The molecular formula is C11H18F3NO2. The highest BCUT2D eigenvalue weighted by Crippen LogP contribution is 2.30. The highest BCUT2D eigenvalue weighted by Gasteiger charge is 2.40. The quantitative estimate of drug-likeness (QED) is 0.769. The van der Waals surface area contributed by atoms with Gasteiger partial charge in [0, 0.05) is 12.8 Å². The number of hydrogen-bond donors (Lipinski definition) is 0. The summed E-state index contributed by atoms with van der Waals surface area (Å²) in [6, 6.07) is 0. The topological polar surface area (TPSA) is 21.7 Å². The number of halogens is 3. The van der Waals surface area contributed by atoms with E-state index in [0.29, 0.717) is 26.3 Å². The summed E-state index contributed by atoms with van der Waals surface area (Å²) in [5.41, 5.74) is 0. The van der Waals surface area contributed by atoms with Crippen LogP contribution in [-0.4, -0.2) is 49.7 Å². The molecule has 0 amide bonds. The fraction of sp³-hybridized carbons (Fsp3) is 1.00. The first kappa shape index (κ1) is 13.1. The number of alkyl halides is 3. The summed E-state index contributed by atoms with van der Waals surface area (Å²) >= 11 is 0. The SMILES string of the molecule is FC(F)(F)CCCN1CCCC2(C1)OCCO2. The second-order valence-corrected chi connectivity index (χ2v) is 4.71. The third-order valence-corrected chi connectivity index (χ3v) is 3.24. The number of ether oxygens (including phenoxy) is 2. The van der Waals surface area contributed by atoms with Crippen molar-refractivity contribution in [2.24, 2.45) is 0 Å². The number of likely N-dealkylation sites (tertiary alicyclic amines) is 1. The van der Waals surface area contributed by atoms with Crippen molar-refractivity contribution >= 4 is 0 Å². The minimum Gasteiger partial charge on any atom is -0.346 e. The standard InChI is InChI=1S/C11H18F3NO2/c12-11(13,14)4-2-6-15-5-1-3-10(9-15)16-7-8-17-10/h1-9H2. The lowest BCUT2D eigenvalue weighted by Crippen LogP contribution is -2.49. The third-order valence-electron chi connectivity index (χ3n) is 3.24. The predicted molar refractivity (Wildman–Crippen MR) is 55.6 cm³/mol. The van der Waals surface area contributed by atoms with Gasteiger partial charge in [-0.25, -0.2) is 0 Å². The highest BCUT2D eigenvalue weighted by atomic mass is 19.4. The molecule has 0 N–H and O–H groups in total. The molecule has 0 aliphatic carbocycles. The van der Waals surface area contributed by atoms with Crippen molar-refractivity contribution in [1.82, 2.24) is 4.90 Å². The summed E-state index contributed by atoms with van der Waals surface area (Å²) in [5, 5.41) is 0. The Labute approximate surface area is 98.9 Å². The Bertz CT molecular complexity index is 252. The van der Waals surface area contributed by atoms with Gasteiger partial charge in [0.05, 0.1) is 19.8 Å². The van der Waals surface area contributed by atoms with E-state index in [-0.39, 0.29) is 6.42 Å². The smallest absolute Gasteiger partial charge is 0.346 e. The normalized spacial score (nSPS) is 25.6. The summed E-state index contributed by atoms with van der Waals surface area (Å²) < 4.78 is 47.3. The molecule has 0 atom stereocenters. The van der Waals surface area contributed by atoms with Gasteiger partial charge in [0.15, 0.2) is 5.79 Å². The molecule has 2 fully saturated rings. The molecule has 0 saturated carbocycles. The van der Waals surface area contributed by atoms with Gasteiger partial charge in [-0.15, -0.1) is 0 Å². The Kier molecular flexibility index (Phi) is 3.95. The van der Waals surface area contributed by atoms with E-state index in [1.165, 1.54) is 0 Å². The molecule has 100 valence electrons. The van der Waals surface area contributed by atoms with E-state index in [0.717, 1.165) is 19.4 Å². The lowest BCUT2D eigenvalue weighted by molar-refractivity contribution is -0.190. The maximum Gasteiger partial charge on any atom is 0.389 e. The van der Waals surface area contributed by atoms with Crippen LogP contribution in [0.25, 0.3) is 0 Å². The van der Waals surface area contributed by atoms with Gasteiger partial charge in [-0.05, 0) is 25.9 Å². The molecule has 2 aliphatic rings. The van der Waals surface area contributed by atoms with Gasteiger partial charge >= 0.3 is 6.18 Å². The third kappa shape index (κ3) is 3.82. The lowest BCUT2D eigenvalue weighted by atomic mass is 10.0. The van der Waals surface area contributed by atoms with E-state index < -0.39 is 18.4 Å². The van der Waals surface area contributed by atoms with E-state index in [9.17, 15) is 13.2 Å². The van der Waals surface area contributed by atoms with E-state index >= 15 is 0 Å². The zero-order valence-electron chi connectivity index (χ0n) is 9.76. The monoisotopic (exact) mass is 253 g/mol. The minimum atomic E-state index is -4.05. The molecule has 3 nitrogen and oxygen atoms in total. The summed E-state index contributed by atoms with van der Waals surface area (Å²) in [6.45, 7) is 3.10. The Balaban J connectivity index is 1.74. The zero-order chi connectivity index (χ0) is 12.4. The van der Waals surface area contributed by atoms with E-state index in [1.807, 2.05) is 4.90 Å². The van der Waals surface area contributed by atoms with Crippen LogP contribution in [0.2, 0.25) is 0 Å². The van der Waals surface area contributed by atoms with Gasteiger partial charge in [-0.2, -0.15) is 13.2 Å². The molecule has 2 heterocycles. The highest BCUT2D eigenvalue weighted by molar-refractivity contribution is 4.83. The van der Waals surface area contributed by atoms with Crippen LogP contribution in [-0.2, 0) is 9.47 Å². The van der Waals surface area contributed by atoms with Crippen LogP contribution < -0.4 is 0 Å². The summed E-state index contributed by atoms with van der Waals surface area (Å²) in [7, 11) is 0. The number of hydrogen-bond acceptors (Lipinski definition) is 3. The van der Waals surface area contributed by atoms with Gasteiger partial charge in [0.1, 0.15) is 0 Å². The summed E-state index contributed by atoms with van der Waals surface area (Å²) in [5.74, 6) is -0.531. The Morgan fingerprint density at radius 1 is 1.18 bits per heavy atom. The molecule has 2 rings (SSSR count). The number of nitrogens with zero attached hydrogens (tertiary/aromatic N) is 1. The molecule has 6 heteroatoms. The summed E-state index contributed by atoms with van der Waals surface area (Å²) in [4.78, 5) is 2.01. The Hall–Kier alpha value is -0.330. The van der Waals surface area contributed by atoms with Crippen molar-refractivity contribution in [2.45, 2.75) is 37.6 Å². The second-order valence-electron chi connectivity index (χ2n) is 4.71. The molecule has 0 aromatic heterocycles. The van der Waals surface area contributed by atoms with Crippen molar-refractivity contribution in [1.29, 1.82) is 0 Å². The lowest BCUT2D eigenvalue weighted by Gasteiger charge is -2.38. The van der Waals surface area contributed by atoms with E-state index in [2.05, 4.69) is 0 Å². The van der Waals surface area contributed by atoms with Crippen LogP contribution in [0.4, 0.5) is 13.2 Å². The van der Waals surface area contributed by atoms with E-state index in [4.69, 9.17) is 9.47 Å². The van der Waals surface area contributed by atoms with Crippen molar-refractivity contribution in [3.05, 3.63) is 0 Å². The first-order chi connectivity index (χ1) is 7.99. The van der Waals surface area contributed by atoms with Crippen LogP contribution in [0.5, 0.6) is 0 Å². The van der Waals surface area contributed by atoms with Gasteiger partial charge < -0.3 is 9.47 Å². The Morgan fingerprint density at radius 2 is 1.88 bits per heavy atom. The van der Waals surface area contributed by atoms with Gasteiger partial charge in [-0.1, -0.05) is 0 Å². The van der Waals surface area contributed by atoms with Gasteiger partial charge in [0.2, 0.25) is 0 Å². The number of piperidine rings is 1. The molecule has 0 bridgehead atoms. The fourth-order valence-electron chi connectivity index (χ4n) is 2.50. The second kappa shape index (κ2) is 5.12. The van der Waals surface area contributed by atoms with Crippen molar-refractivity contribution in [3.8, 4) is 0 Å². The average Bonchev–Trinajstić information content (AvgIpc) is 2.64. The van der Waals surface area contributed by atoms with Crippen molar-refractivity contribution in [3.63, 3.8) is 0 Å². The maximum atomic E-state index is 12.0. The van der Waals surface area contributed by atoms with Crippen LogP contribution >= 0.6 is 0 Å². The molecule has 17 heavy (non-hydrogen) atoms. The van der Waals surface area contributed by atoms with Crippen molar-refractivity contribution < 1.29 is 22.6 Å².